The Balaban J connectivity index is 1.80. The van der Waals surface area contributed by atoms with Crippen molar-refractivity contribution in [1.82, 2.24) is 14.9 Å². The number of nitrogens with one attached hydrogen (secondary N) is 1. The highest BCUT2D eigenvalue weighted by atomic mass is 16.5. The van der Waals surface area contributed by atoms with Crippen molar-refractivity contribution in [1.29, 1.82) is 0 Å². The Hall–Kier alpha value is -3.35. The van der Waals surface area contributed by atoms with Crippen molar-refractivity contribution < 1.29 is 19.4 Å². The highest BCUT2D eigenvalue weighted by molar-refractivity contribution is 5.85. The van der Waals surface area contributed by atoms with Crippen molar-refractivity contribution >= 4 is 22.9 Å². The zero-order chi connectivity index (χ0) is 19.9. The predicted octanol–water partition coefficient (Wildman–Crippen LogP) is 2.98. The molecule has 0 aliphatic carbocycles. The minimum absolute atomic E-state index is 0.0263. The van der Waals surface area contributed by atoms with Gasteiger partial charge in [0.25, 0.3) is 0 Å². The van der Waals surface area contributed by atoms with Crippen molar-refractivity contribution in [2.45, 2.75) is 39.0 Å². The average molecular weight is 381 g/mol. The highest BCUT2D eigenvalue weighted by Gasteiger charge is 2.20. The Morgan fingerprint density at radius 1 is 1.14 bits per heavy atom. The van der Waals surface area contributed by atoms with Crippen LogP contribution in [-0.4, -0.2) is 32.6 Å². The fourth-order valence-corrected chi connectivity index (χ4v) is 3.01. The van der Waals surface area contributed by atoms with Gasteiger partial charge in [0.2, 0.25) is 5.91 Å². The van der Waals surface area contributed by atoms with Crippen LogP contribution >= 0.6 is 0 Å². The first-order chi connectivity index (χ1) is 13.6. The fourth-order valence-electron chi connectivity index (χ4n) is 3.01. The summed E-state index contributed by atoms with van der Waals surface area (Å²) in [5, 5.41) is 11.9. The smallest absolute Gasteiger partial charge is 0.326 e. The van der Waals surface area contributed by atoms with Gasteiger partial charge in [-0.05, 0) is 30.7 Å². The van der Waals surface area contributed by atoms with Gasteiger partial charge in [-0.3, -0.25) is 4.79 Å². The molecule has 7 nitrogen and oxygen atoms in total. The van der Waals surface area contributed by atoms with Crippen molar-refractivity contribution in [2.24, 2.45) is 0 Å². The second-order valence-corrected chi connectivity index (χ2v) is 6.45. The van der Waals surface area contributed by atoms with Crippen molar-refractivity contribution in [3.05, 3.63) is 60.4 Å². The number of carbonyl (C=O) groups excluding carboxylic acids is 1. The minimum Gasteiger partial charge on any atom is -0.486 e. The number of carboxylic acid groups (broad SMARTS) is 1. The molecule has 0 aliphatic heterocycles. The number of hydrogen-bond acceptors (Lipinski definition) is 4. The van der Waals surface area contributed by atoms with Crippen LogP contribution in [0.2, 0.25) is 0 Å². The number of ether oxygens (including phenoxy) is 1. The van der Waals surface area contributed by atoms with E-state index in [1.165, 1.54) is 0 Å². The van der Waals surface area contributed by atoms with Gasteiger partial charge in [0.1, 0.15) is 30.8 Å². The van der Waals surface area contributed by atoms with E-state index in [2.05, 4.69) is 10.3 Å². The van der Waals surface area contributed by atoms with E-state index in [4.69, 9.17) is 4.74 Å². The summed E-state index contributed by atoms with van der Waals surface area (Å²) in [5.74, 6) is -0.0923. The van der Waals surface area contributed by atoms with E-state index >= 15 is 0 Å². The normalized spacial score (nSPS) is 11.9. The summed E-state index contributed by atoms with van der Waals surface area (Å²) < 4.78 is 7.55. The van der Waals surface area contributed by atoms with Crippen LogP contribution in [0.1, 0.15) is 25.6 Å². The van der Waals surface area contributed by atoms with Gasteiger partial charge in [0.05, 0.1) is 11.0 Å². The molecule has 3 rings (SSSR count). The maximum absolute atomic E-state index is 12.5. The van der Waals surface area contributed by atoms with Crippen LogP contribution in [0, 0.1) is 0 Å². The first kappa shape index (κ1) is 19.4. The first-order valence-electron chi connectivity index (χ1n) is 9.22. The van der Waals surface area contributed by atoms with E-state index in [-0.39, 0.29) is 19.1 Å². The number of aliphatic carboxylic acids is 1. The summed E-state index contributed by atoms with van der Waals surface area (Å²) in [7, 11) is 0. The van der Waals surface area contributed by atoms with Crippen molar-refractivity contribution in [2.75, 3.05) is 0 Å². The molecule has 0 aliphatic rings. The number of rotatable bonds is 9. The molecule has 2 N–H and O–H groups in total. The Labute approximate surface area is 163 Å². The number of aromatic nitrogens is 2. The average Bonchev–Trinajstić information content (AvgIpc) is 3.04. The molecular formula is C21H23N3O4. The molecule has 0 saturated carbocycles. The molecule has 1 unspecified atom stereocenters. The standard InChI is InChI=1S/C21H23N3O4/c1-2-8-17(21(26)27)23-20(25)13-24-18-12-7-6-11-16(18)22-19(24)14-28-15-9-4-3-5-10-15/h3-7,9-12,17H,2,8,13-14H2,1H3,(H,23,25)(H,26,27). The second kappa shape index (κ2) is 9.03. The zero-order valence-corrected chi connectivity index (χ0v) is 15.7. The van der Waals surface area contributed by atoms with Gasteiger partial charge in [0, 0.05) is 0 Å². The topological polar surface area (TPSA) is 93.5 Å². The van der Waals surface area contributed by atoms with Crippen LogP contribution in [0.4, 0.5) is 0 Å². The summed E-state index contributed by atoms with van der Waals surface area (Å²) in [6.07, 6.45) is 1.05. The van der Waals surface area contributed by atoms with Crippen LogP contribution in [0.15, 0.2) is 54.6 Å². The molecule has 146 valence electrons. The van der Waals surface area contributed by atoms with Gasteiger partial charge in [-0.25, -0.2) is 9.78 Å². The quantitative estimate of drug-likeness (QED) is 0.594. The molecule has 0 radical (unpaired) electrons. The molecule has 7 heteroatoms. The number of benzene rings is 2. The van der Waals surface area contributed by atoms with Crippen LogP contribution in [0.25, 0.3) is 11.0 Å². The molecule has 28 heavy (non-hydrogen) atoms. The minimum atomic E-state index is -1.03. The molecular weight excluding hydrogens is 358 g/mol. The van der Waals surface area contributed by atoms with E-state index in [0.29, 0.717) is 24.4 Å². The molecule has 0 bridgehead atoms. The van der Waals surface area contributed by atoms with Crippen LogP contribution < -0.4 is 10.1 Å². The summed E-state index contributed by atoms with van der Waals surface area (Å²) in [6, 6.07) is 16.0. The first-order valence-corrected chi connectivity index (χ1v) is 9.22. The van der Waals surface area contributed by atoms with Gasteiger partial charge in [-0.1, -0.05) is 43.7 Å². The van der Waals surface area contributed by atoms with Gasteiger partial charge >= 0.3 is 5.97 Å². The third-order valence-corrected chi connectivity index (χ3v) is 4.36. The number of hydrogen-bond donors (Lipinski definition) is 2. The molecule has 1 amide bonds. The van der Waals surface area contributed by atoms with E-state index in [9.17, 15) is 14.7 Å². The maximum atomic E-state index is 12.5. The Kier molecular flexibility index (Phi) is 6.26. The molecule has 0 fully saturated rings. The van der Waals surface area contributed by atoms with Crippen LogP contribution in [0.3, 0.4) is 0 Å². The molecule has 1 heterocycles. The Morgan fingerprint density at radius 2 is 1.86 bits per heavy atom. The Morgan fingerprint density at radius 3 is 2.57 bits per heavy atom. The van der Waals surface area contributed by atoms with Crippen LogP contribution in [-0.2, 0) is 22.7 Å². The summed E-state index contributed by atoms with van der Waals surface area (Å²) >= 11 is 0. The third-order valence-electron chi connectivity index (χ3n) is 4.36. The number of carbonyl (C=O) groups is 2. The van der Waals surface area contributed by atoms with E-state index in [1.807, 2.05) is 61.5 Å². The summed E-state index contributed by atoms with van der Waals surface area (Å²) in [4.78, 5) is 28.4. The fraction of sp³-hybridized carbons (Fsp3) is 0.286. The lowest BCUT2D eigenvalue weighted by molar-refractivity contribution is -0.142. The number of nitrogens with zero attached hydrogens (tertiary/aromatic N) is 2. The molecule has 2 aromatic carbocycles. The van der Waals surface area contributed by atoms with Crippen molar-refractivity contribution in [3.8, 4) is 5.75 Å². The molecule has 0 saturated heterocycles. The lowest BCUT2D eigenvalue weighted by Gasteiger charge is -2.15. The Bertz CT molecular complexity index is 953. The maximum Gasteiger partial charge on any atom is 0.326 e. The van der Waals surface area contributed by atoms with E-state index in [0.717, 1.165) is 11.0 Å². The number of amides is 1. The van der Waals surface area contributed by atoms with Gasteiger partial charge in [-0.15, -0.1) is 0 Å². The van der Waals surface area contributed by atoms with Gasteiger partial charge < -0.3 is 19.7 Å². The lowest BCUT2D eigenvalue weighted by atomic mass is 10.1. The largest absolute Gasteiger partial charge is 0.486 e. The lowest BCUT2D eigenvalue weighted by Crippen LogP contribution is -2.42. The molecule has 1 aromatic heterocycles. The van der Waals surface area contributed by atoms with Crippen molar-refractivity contribution in [3.63, 3.8) is 0 Å². The summed E-state index contributed by atoms with van der Waals surface area (Å²) in [6.45, 7) is 2.05. The zero-order valence-electron chi connectivity index (χ0n) is 15.7. The number of fused-ring (bicyclic) bond motifs is 1. The number of imidazole rings is 1. The summed E-state index contributed by atoms with van der Waals surface area (Å²) in [5.41, 5.74) is 1.55. The molecule has 3 aromatic rings. The van der Waals surface area contributed by atoms with Gasteiger partial charge in [-0.2, -0.15) is 0 Å². The van der Waals surface area contributed by atoms with Crippen LogP contribution in [0.5, 0.6) is 5.75 Å². The molecule has 0 spiro atoms. The van der Waals surface area contributed by atoms with E-state index < -0.39 is 12.0 Å². The van der Waals surface area contributed by atoms with Gasteiger partial charge in [0.15, 0.2) is 0 Å². The third kappa shape index (κ3) is 4.68. The number of carboxylic acids is 1. The predicted molar refractivity (Wildman–Crippen MR) is 105 cm³/mol. The SMILES string of the molecule is CCCC(NC(=O)Cn1c(COc2ccccc2)nc2ccccc21)C(=O)O. The highest BCUT2D eigenvalue weighted by Crippen LogP contribution is 2.18. The molecule has 1 atom stereocenters. The number of para-hydroxylation sites is 3. The van der Waals surface area contributed by atoms with E-state index in [1.54, 1.807) is 4.57 Å². The monoisotopic (exact) mass is 381 g/mol. The second-order valence-electron chi connectivity index (χ2n) is 6.45.